The Hall–Kier alpha value is 0.280. The van der Waals surface area contributed by atoms with Gasteiger partial charge in [0.1, 0.15) is 5.00 Å². The molecule has 0 atom stereocenters. The van der Waals surface area contributed by atoms with Crippen LogP contribution in [0.15, 0.2) is 0 Å². The number of carbonyl (C=O) groups excluding carboxylic acids is 1. The van der Waals surface area contributed by atoms with E-state index in [0.29, 0.717) is 12.2 Å². The van der Waals surface area contributed by atoms with Crippen LogP contribution in [0.25, 0.3) is 0 Å². The summed E-state index contributed by atoms with van der Waals surface area (Å²) < 4.78 is 5.39. The molecule has 0 radical (unpaired) electrons. The van der Waals surface area contributed by atoms with Gasteiger partial charge >= 0.3 is 35.5 Å². The van der Waals surface area contributed by atoms with Crippen LogP contribution in [0.1, 0.15) is 40.6 Å². The number of nitrogens with one attached hydrogen (secondary N) is 1. The van der Waals surface area contributed by atoms with Gasteiger partial charge in [0, 0.05) is 4.88 Å². The number of ether oxygens (including phenoxy) is 1. The number of thiocarbonyl (C=S) groups is 1. The predicted octanol–water partition coefficient (Wildman–Crippen LogP) is 0.0513. The second-order valence-corrected chi connectivity index (χ2v) is 6.23. The zero-order valence-corrected chi connectivity index (χ0v) is 15.5. The molecule has 1 aromatic heterocycles. The standard InChI is InChI=1S/C12H15NO2S3.Na/c1-2-15-11(14)9-7-5-3-4-6-8(7)18-10(9)13-12(16)17;/h2-6H2,1H3,(H2,13,16,17);/q;+1/p-1. The first-order chi connectivity index (χ1) is 8.63. The van der Waals surface area contributed by atoms with E-state index < -0.39 is 0 Å². The monoisotopic (exact) mass is 323 g/mol. The van der Waals surface area contributed by atoms with Crippen LogP contribution < -0.4 is 34.9 Å². The van der Waals surface area contributed by atoms with E-state index in [-0.39, 0.29) is 39.8 Å². The first kappa shape index (κ1) is 17.3. The molecule has 0 unspecified atom stereocenters. The van der Waals surface area contributed by atoms with Gasteiger partial charge in [-0.05, 0) is 38.2 Å². The van der Waals surface area contributed by atoms with Gasteiger partial charge in [0.05, 0.1) is 12.2 Å². The summed E-state index contributed by atoms with van der Waals surface area (Å²) in [7, 11) is 0. The fourth-order valence-corrected chi connectivity index (χ4v) is 3.78. The average molecular weight is 323 g/mol. The number of hydrogen-bond acceptors (Lipinski definition) is 5. The molecule has 1 aromatic rings. The maximum Gasteiger partial charge on any atom is 1.00 e. The van der Waals surface area contributed by atoms with Crippen LogP contribution in [0.3, 0.4) is 0 Å². The van der Waals surface area contributed by atoms with Crippen LogP contribution in [0.2, 0.25) is 0 Å². The molecule has 0 bridgehead atoms. The zero-order valence-electron chi connectivity index (χ0n) is 11.1. The molecule has 2 rings (SSSR count). The van der Waals surface area contributed by atoms with E-state index in [1.165, 1.54) is 11.3 Å². The Morgan fingerprint density at radius 2 is 2.16 bits per heavy atom. The first-order valence-corrected chi connectivity index (χ1v) is 7.56. The molecular formula is C12H14NNaO2S3. The number of fused-ring (bicyclic) bond motifs is 1. The average Bonchev–Trinajstić information content (AvgIpc) is 2.66. The molecule has 3 nitrogen and oxygen atoms in total. The molecule has 0 saturated carbocycles. The molecule has 7 heteroatoms. The van der Waals surface area contributed by atoms with E-state index in [1.807, 2.05) is 6.92 Å². The summed E-state index contributed by atoms with van der Waals surface area (Å²) in [5, 5.41) is 3.68. The maximum absolute atomic E-state index is 12.0. The van der Waals surface area contributed by atoms with E-state index in [9.17, 15) is 4.79 Å². The zero-order chi connectivity index (χ0) is 13.1. The van der Waals surface area contributed by atoms with Gasteiger partial charge in [0.15, 0.2) is 0 Å². The topological polar surface area (TPSA) is 38.3 Å². The number of anilines is 1. The van der Waals surface area contributed by atoms with Crippen LogP contribution in [-0.4, -0.2) is 16.9 Å². The van der Waals surface area contributed by atoms with E-state index in [2.05, 4.69) is 5.32 Å². The predicted molar refractivity (Wildman–Crippen MR) is 80.5 cm³/mol. The summed E-state index contributed by atoms with van der Waals surface area (Å²) in [4.78, 5) is 13.3. The summed E-state index contributed by atoms with van der Waals surface area (Å²) in [6.45, 7) is 2.18. The van der Waals surface area contributed by atoms with Crippen LogP contribution >= 0.6 is 23.6 Å². The van der Waals surface area contributed by atoms with Crippen molar-refractivity contribution in [2.45, 2.75) is 32.6 Å². The van der Waals surface area contributed by atoms with Crippen LogP contribution in [0, 0.1) is 0 Å². The van der Waals surface area contributed by atoms with Crippen molar-refractivity contribution in [3.05, 3.63) is 16.0 Å². The molecule has 1 aliphatic carbocycles. The fraction of sp³-hybridized carbons (Fsp3) is 0.500. The van der Waals surface area contributed by atoms with Gasteiger partial charge in [-0.1, -0.05) is 4.32 Å². The molecular weight excluding hydrogens is 309 g/mol. The van der Waals surface area contributed by atoms with E-state index in [4.69, 9.17) is 29.6 Å². The Bertz CT molecular complexity index is 488. The maximum atomic E-state index is 12.0. The van der Waals surface area contributed by atoms with Crippen molar-refractivity contribution < 1.29 is 39.1 Å². The minimum Gasteiger partial charge on any atom is -0.462 e. The summed E-state index contributed by atoms with van der Waals surface area (Å²) >= 11 is 11.4. The number of carbonyl (C=O) groups is 1. The smallest absolute Gasteiger partial charge is 0.462 e. The van der Waals surface area contributed by atoms with Crippen LogP contribution in [0.4, 0.5) is 5.00 Å². The number of hydrogen-bond donors (Lipinski definition) is 1. The van der Waals surface area contributed by atoms with Crippen molar-refractivity contribution in [3.8, 4) is 0 Å². The van der Waals surface area contributed by atoms with Gasteiger partial charge in [-0.25, -0.2) is 4.79 Å². The summed E-state index contributed by atoms with van der Waals surface area (Å²) in [6, 6.07) is 0. The van der Waals surface area contributed by atoms with Gasteiger partial charge in [0.2, 0.25) is 0 Å². The van der Waals surface area contributed by atoms with Gasteiger partial charge < -0.3 is 34.9 Å². The fourth-order valence-electron chi connectivity index (χ4n) is 2.17. The minimum absolute atomic E-state index is 0. The number of esters is 1. The minimum atomic E-state index is -0.273. The Balaban J connectivity index is 0.00000180. The summed E-state index contributed by atoms with van der Waals surface area (Å²) in [6.07, 6.45) is 4.26. The van der Waals surface area contributed by atoms with Crippen molar-refractivity contribution in [2.24, 2.45) is 0 Å². The third-order valence-corrected chi connectivity index (χ3v) is 4.28. The molecule has 0 fully saturated rings. The summed E-state index contributed by atoms with van der Waals surface area (Å²) in [5.41, 5.74) is 1.77. The molecule has 1 aliphatic rings. The van der Waals surface area contributed by atoms with Crippen LogP contribution in [-0.2, 0) is 30.2 Å². The molecule has 0 spiro atoms. The number of aryl methyl sites for hydroxylation is 1. The van der Waals surface area contributed by atoms with Crippen molar-refractivity contribution in [1.82, 2.24) is 0 Å². The molecule has 98 valence electrons. The molecule has 0 amide bonds. The van der Waals surface area contributed by atoms with Crippen molar-refractivity contribution in [2.75, 3.05) is 11.9 Å². The molecule has 19 heavy (non-hydrogen) atoms. The van der Waals surface area contributed by atoms with E-state index in [1.54, 1.807) is 11.3 Å². The third-order valence-electron chi connectivity index (χ3n) is 2.87. The van der Waals surface area contributed by atoms with Gasteiger partial charge in [-0.3, -0.25) is 0 Å². The Morgan fingerprint density at radius 3 is 2.79 bits per heavy atom. The number of thiophene rings is 1. The van der Waals surface area contributed by atoms with Gasteiger partial charge in [-0.2, -0.15) is 0 Å². The van der Waals surface area contributed by atoms with Crippen molar-refractivity contribution in [1.29, 1.82) is 0 Å². The molecule has 1 N–H and O–H groups in total. The molecule has 0 aliphatic heterocycles. The second-order valence-electron chi connectivity index (χ2n) is 4.05. The Kier molecular flexibility index (Phi) is 7.21. The van der Waals surface area contributed by atoms with Crippen LogP contribution in [0.5, 0.6) is 0 Å². The normalized spacial score (nSPS) is 13.1. The third kappa shape index (κ3) is 4.12. The largest absolute Gasteiger partial charge is 1.00 e. The van der Waals surface area contributed by atoms with E-state index in [0.717, 1.165) is 29.8 Å². The molecule has 0 aromatic carbocycles. The van der Waals surface area contributed by atoms with Crippen molar-refractivity contribution >= 4 is 51.5 Å². The quantitative estimate of drug-likeness (QED) is 0.368. The van der Waals surface area contributed by atoms with Gasteiger partial charge in [-0.15, -0.1) is 11.3 Å². The van der Waals surface area contributed by atoms with Gasteiger partial charge in [0.25, 0.3) is 0 Å². The van der Waals surface area contributed by atoms with E-state index >= 15 is 0 Å². The second kappa shape index (κ2) is 7.90. The molecule has 0 saturated heterocycles. The Labute approximate surface area is 150 Å². The van der Waals surface area contributed by atoms with Crippen molar-refractivity contribution in [3.63, 3.8) is 0 Å². The SMILES string of the molecule is CCOC(=O)c1c(NC(=S)[S-])sc2c1CCCC2.[Na+]. The number of rotatable bonds is 3. The summed E-state index contributed by atoms with van der Waals surface area (Å²) in [5.74, 6) is -0.273. The first-order valence-electron chi connectivity index (χ1n) is 5.93. The molecule has 1 heterocycles. The Morgan fingerprint density at radius 1 is 1.47 bits per heavy atom.